The van der Waals surface area contributed by atoms with Gasteiger partial charge in [0.2, 0.25) is 0 Å². The summed E-state index contributed by atoms with van der Waals surface area (Å²) < 4.78 is 50.8. The highest BCUT2D eigenvalue weighted by Gasteiger charge is 2.81. The van der Waals surface area contributed by atoms with E-state index in [9.17, 15) is 33.2 Å². The Morgan fingerprint density at radius 1 is 0.597 bits per heavy atom. The molecule has 1 atom stereocenters. The van der Waals surface area contributed by atoms with Gasteiger partial charge < -0.3 is 28.4 Å². The zero-order valence-electron chi connectivity index (χ0n) is 34.1. The minimum absolute atomic E-state index is 0.159. The predicted octanol–water partition coefficient (Wildman–Crippen LogP) is 3.62. The molecule has 2 saturated heterocycles. The van der Waals surface area contributed by atoms with Crippen LogP contribution < -0.4 is 0 Å². The Kier molecular flexibility index (Phi) is 11.8. The lowest BCUT2D eigenvalue weighted by Crippen LogP contribution is -2.87. The van der Waals surface area contributed by atoms with Crippen LogP contribution >= 0.6 is 0 Å². The van der Waals surface area contributed by atoms with Crippen LogP contribution in [-0.4, -0.2) is 125 Å². The SMILES string of the molecule is CC(C)N1CCN(C(CN2CC3(OC(=O)C=CC(=O)O3)N(CCCCc3cccc4ccccc34)C3(OC(=O)C=CC(=O)O3)C23OC(=O)C=CC(=O)O3)c2ccc(F)cc2)CC1. The zero-order valence-corrected chi connectivity index (χ0v) is 34.1. The van der Waals surface area contributed by atoms with Crippen LogP contribution in [0.4, 0.5) is 4.39 Å². The van der Waals surface area contributed by atoms with E-state index >= 15 is 0 Å². The number of piperazine rings is 2. The van der Waals surface area contributed by atoms with E-state index in [-0.39, 0.29) is 25.6 Å². The van der Waals surface area contributed by atoms with E-state index in [4.69, 9.17) is 28.4 Å². The molecule has 2 fully saturated rings. The number of hydrogen-bond donors (Lipinski definition) is 0. The summed E-state index contributed by atoms with van der Waals surface area (Å²) in [5.74, 6) is -16.2. The van der Waals surface area contributed by atoms with E-state index in [2.05, 4.69) is 23.6 Å². The number of unbranched alkanes of at least 4 members (excludes halogenated alkanes) is 1. The molecule has 0 radical (unpaired) electrons. The molecule has 5 aliphatic rings. The second-order valence-electron chi connectivity index (χ2n) is 15.8. The third kappa shape index (κ3) is 8.23. The van der Waals surface area contributed by atoms with Crippen LogP contribution in [0.2, 0.25) is 0 Å². The monoisotopic (exact) mass is 852 g/mol. The van der Waals surface area contributed by atoms with Gasteiger partial charge in [0, 0.05) is 87.8 Å². The topological polar surface area (TPSA) is 171 Å². The molecule has 5 aliphatic heterocycles. The van der Waals surface area contributed by atoms with Gasteiger partial charge in [-0.15, -0.1) is 4.90 Å². The smallest absolute Gasteiger partial charge is 0.403 e. The minimum Gasteiger partial charge on any atom is -0.403 e. The fourth-order valence-corrected chi connectivity index (χ4v) is 8.72. The predicted molar refractivity (Wildman–Crippen MR) is 215 cm³/mol. The van der Waals surface area contributed by atoms with E-state index < -0.39 is 72.0 Å². The first-order valence-electron chi connectivity index (χ1n) is 20.4. The maximum atomic E-state index is 14.5. The number of carbonyl (C=O) groups excluding carboxylic acids is 6. The molecule has 0 amide bonds. The van der Waals surface area contributed by atoms with Gasteiger partial charge in [-0.1, -0.05) is 54.6 Å². The molecule has 3 spiro atoms. The van der Waals surface area contributed by atoms with E-state index in [1.807, 2.05) is 42.5 Å². The molecule has 0 aliphatic carbocycles. The Morgan fingerprint density at radius 3 is 1.69 bits per heavy atom. The zero-order chi connectivity index (χ0) is 43.6. The van der Waals surface area contributed by atoms with Gasteiger partial charge >= 0.3 is 53.5 Å². The van der Waals surface area contributed by atoms with Gasteiger partial charge in [-0.05, 0) is 67.1 Å². The Morgan fingerprint density at radius 2 is 1.11 bits per heavy atom. The Hall–Kier alpha value is -6.27. The molecular weight excluding hydrogens is 808 g/mol. The number of carbonyl (C=O) groups is 6. The Labute approximate surface area is 356 Å². The van der Waals surface area contributed by atoms with Crippen LogP contribution in [0.15, 0.2) is 103 Å². The maximum absolute atomic E-state index is 14.5. The third-order valence-corrected chi connectivity index (χ3v) is 11.6. The molecule has 0 aromatic heterocycles. The molecule has 5 heterocycles. The summed E-state index contributed by atoms with van der Waals surface area (Å²) in [5.41, 5.74) is 1.58. The molecule has 3 aromatic carbocycles. The van der Waals surface area contributed by atoms with Gasteiger partial charge in [0.1, 0.15) is 12.4 Å². The molecule has 17 heteroatoms. The first kappa shape index (κ1) is 42.4. The average Bonchev–Trinajstić information content (AvgIpc) is 3.58. The lowest BCUT2D eigenvalue weighted by atomic mass is 9.99. The number of nitrogens with zero attached hydrogens (tertiary/aromatic N) is 4. The van der Waals surface area contributed by atoms with E-state index in [0.29, 0.717) is 44.6 Å². The first-order valence-corrected chi connectivity index (χ1v) is 20.4. The van der Waals surface area contributed by atoms with Crippen LogP contribution in [-0.2, 0) is 63.6 Å². The Bertz CT molecular complexity index is 2290. The number of halogens is 1. The van der Waals surface area contributed by atoms with Crippen molar-refractivity contribution in [1.29, 1.82) is 0 Å². The summed E-state index contributed by atoms with van der Waals surface area (Å²) in [6, 6.07) is 18.9. The van der Waals surface area contributed by atoms with Crippen LogP contribution in [0.5, 0.6) is 0 Å². The summed E-state index contributed by atoms with van der Waals surface area (Å²) in [7, 11) is 0. The first-order chi connectivity index (χ1) is 29.8. The number of hydrogen-bond acceptors (Lipinski definition) is 16. The van der Waals surface area contributed by atoms with Crippen LogP contribution in [0, 0.1) is 5.82 Å². The molecule has 62 heavy (non-hydrogen) atoms. The van der Waals surface area contributed by atoms with Crippen LogP contribution in [0.3, 0.4) is 0 Å². The normalized spacial score (nSPS) is 22.1. The van der Waals surface area contributed by atoms with Crippen molar-refractivity contribution in [3.63, 3.8) is 0 Å². The van der Waals surface area contributed by atoms with Gasteiger partial charge in [0.05, 0.1) is 0 Å². The van der Waals surface area contributed by atoms with Crippen molar-refractivity contribution >= 4 is 46.6 Å². The van der Waals surface area contributed by atoms with Gasteiger partial charge in [0.15, 0.2) is 0 Å². The minimum atomic E-state index is -3.17. The highest BCUT2D eigenvalue weighted by molar-refractivity contribution is 5.96. The van der Waals surface area contributed by atoms with E-state index in [0.717, 1.165) is 57.7 Å². The molecule has 16 nitrogen and oxygen atoms in total. The molecule has 1 unspecified atom stereocenters. The number of ether oxygens (including phenoxy) is 6. The highest BCUT2D eigenvalue weighted by Crippen LogP contribution is 2.51. The van der Waals surface area contributed by atoms with Crippen molar-refractivity contribution in [3.05, 3.63) is 120 Å². The summed E-state index contributed by atoms with van der Waals surface area (Å²) in [6.07, 6.45) is 5.88. The number of rotatable bonds is 10. The van der Waals surface area contributed by atoms with Gasteiger partial charge in [-0.3, -0.25) is 9.80 Å². The number of aryl methyl sites for hydroxylation is 1. The molecule has 0 N–H and O–H groups in total. The highest BCUT2D eigenvalue weighted by atomic mass is 19.1. The lowest BCUT2D eigenvalue weighted by molar-refractivity contribution is -0.516. The van der Waals surface area contributed by atoms with Crippen molar-refractivity contribution in [3.8, 4) is 0 Å². The fraction of sp³-hybridized carbons (Fsp3) is 0.378. The molecule has 0 saturated carbocycles. The largest absolute Gasteiger partial charge is 0.426 e. The Balaban J connectivity index is 1.28. The van der Waals surface area contributed by atoms with Crippen molar-refractivity contribution in [2.45, 2.75) is 62.9 Å². The maximum Gasteiger partial charge on any atom is 0.426 e. The van der Waals surface area contributed by atoms with Crippen LogP contribution in [0.25, 0.3) is 10.8 Å². The second kappa shape index (κ2) is 17.2. The van der Waals surface area contributed by atoms with Crippen molar-refractivity contribution < 1.29 is 61.6 Å². The summed E-state index contributed by atoms with van der Waals surface area (Å²) in [5, 5.41) is 2.05. The van der Waals surface area contributed by atoms with Gasteiger partial charge in [0.25, 0.3) is 0 Å². The summed E-state index contributed by atoms with van der Waals surface area (Å²) in [4.78, 5) is 88.7. The van der Waals surface area contributed by atoms with Crippen molar-refractivity contribution in [1.82, 2.24) is 19.6 Å². The number of benzene rings is 3. The fourth-order valence-electron chi connectivity index (χ4n) is 8.72. The van der Waals surface area contributed by atoms with Crippen LogP contribution in [0.1, 0.15) is 43.9 Å². The van der Waals surface area contributed by atoms with Gasteiger partial charge in [-0.2, -0.15) is 0 Å². The lowest BCUT2D eigenvalue weighted by Gasteiger charge is -2.60. The van der Waals surface area contributed by atoms with Crippen molar-refractivity contribution in [2.75, 3.05) is 45.8 Å². The van der Waals surface area contributed by atoms with Gasteiger partial charge in [-0.25, -0.2) is 38.1 Å². The molecule has 3 aromatic rings. The van der Waals surface area contributed by atoms with Crippen molar-refractivity contribution in [2.24, 2.45) is 0 Å². The average molecular weight is 853 g/mol. The third-order valence-electron chi connectivity index (χ3n) is 11.6. The summed E-state index contributed by atoms with van der Waals surface area (Å²) >= 11 is 0. The quantitative estimate of drug-likeness (QED) is 0.165. The van der Waals surface area contributed by atoms with E-state index in [1.54, 1.807) is 12.1 Å². The summed E-state index contributed by atoms with van der Waals surface area (Å²) in [6.45, 7) is 5.00. The standard InChI is InChI=1S/C45H45FN4O12/c1-30(2)47-24-26-48(27-25-47)36(33-13-15-34(46)16-14-33)28-49-29-43(57-37(51)17-18-38(52)58-43)50(23-6-5-9-32-11-7-10-31-8-3-4-12-35(31)32)45(61-41(55)21-22-42(56)62-45)44(49)59-39(53)19-20-40(54)60-44/h3-4,7-8,10-22,30,36H,5-6,9,23-29H2,1-2H3. The van der Waals surface area contributed by atoms with E-state index in [1.165, 1.54) is 17.0 Å². The molecule has 324 valence electrons. The number of esters is 6. The molecule has 8 rings (SSSR count). The number of fused-ring (bicyclic) bond motifs is 2. The second-order valence-corrected chi connectivity index (χ2v) is 15.8. The molecule has 0 bridgehead atoms. The molecular formula is C45H45FN4O12.